The first-order valence-electron chi connectivity index (χ1n) is 6.93. The number of nitrogens with zero attached hydrogens (tertiary/aromatic N) is 1. The predicted octanol–water partition coefficient (Wildman–Crippen LogP) is 0.442. The van der Waals surface area contributed by atoms with E-state index in [-0.39, 0.29) is 27.1 Å². The summed E-state index contributed by atoms with van der Waals surface area (Å²) >= 11 is -0.251. The van der Waals surface area contributed by atoms with Gasteiger partial charge in [0.1, 0.15) is 0 Å². The Kier molecular flexibility index (Phi) is 5.04. The molecular formula is C18H21INO+. The lowest BCUT2D eigenvalue weighted by Gasteiger charge is -2.09. The molecule has 0 unspecified atom stereocenters. The summed E-state index contributed by atoms with van der Waals surface area (Å²) < 4.78 is 2.69. The van der Waals surface area contributed by atoms with Gasteiger partial charge in [-0.25, -0.2) is 0 Å². The van der Waals surface area contributed by atoms with Crippen LogP contribution in [-0.4, -0.2) is 24.9 Å². The maximum absolute atomic E-state index is 12.0. The molecule has 0 aliphatic heterocycles. The molecule has 0 aliphatic carbocycles. The Balaban J connectivity index is 2.28. The van der Waals surface area contributed by atoms with Gasteiger partial charge in [-0.05, 0) is 61.7 Å². The van der Waals surface area contributed by atoms with Crippen molar-refractivity contribution < 1.29 is 26.0 Å². The molecule has 0 radical (unpaired) electrons. The van der Waals surface area contributed by atoms with Crippen molar-refractivity contribution in [1.82, 2.24) is 4.90 Å². The van der Waals surface area contributed by atoms with Crippen LogP contribution in [0.1, 0.15) is 27.0 Å². The summed E-state index contributed by atoms with van der Waals surface area (Å²) in [6.45, 7) is 6.51. The molecule has 0 saturated carbocycles. The molecule has 0 aliphatic rings. The van der Waals surface area contributed by atoms with Crippen LogP contribution in [-0.2, 0) is 0 Å². The van der Waals surface area contributed by atoms with Gasteiger partial charge in [-0.15, -0.1) is 0 Å². The minimum Gasteiger partial charge on any atom is -0.345 e. The Hall–Kier alpha value is -1.36. The average molecular weight is 394 g/mol. The summed E-state index contributed by atoms with van der Waals surface area (Å²) in [5, 5.41) is 0. The van der Waals surface area contributed by atoms with Gasteiger partial charge in [-0.1, -0.05) is 6.07 Å². The number of carbonyl (C=O) groups is 1. The van der Waals surface area contributed by atoms with E-state index in [1.54, 1.807) is 19.0 Å². The molecule has 2 rings (SSSR count). The predicted molar refractivity (Wildman–Crippen MR) is 82.5 cm³/mol. The molecule has 3 heteroatoms. The number of amides is 1. The van der Waals surface area contributed by atoms with Gasteiger partial charge >= 0.3 is 21.2 Å². The van der Waals surface area contributed by atoms with Crippen molar-refractivity contribution in [2.24, 2.45) is 0 Å². The van der Waals surface area contributed by atoms with Crippen LogP contribution in [0.4, 0.5) is 0 Å². The van der Waals surface area contributed by atoms with Gasteiger partial charge in [-0.3, -0.25) is 4.79 Å². The average Bonchev–Trinajstić information content (AvgIpc) is 2.44. The lowest BCUT2D eigenvalue weighted by molar-refractivity contribution is -0.597. The SMILES string of the molecule is Cc1cc([I+]c2cccc(C(=O)N(C)C)c2)cc(C)c1C. The maximum atomic E-state index is 12.0. The van der Waals surface area contributed by atoms with Crippen LogP contribution in [0.3, 0.4) is 0 Å². The Morgan fingerprint density at radius 2 is 1.57 bits per heavy atom. The van der Waals surface area contributed by atoms with E-state index in [0.717, 1.165) is 5.56 Å². The van der Waals surface area contributed by atoms with E-state index in [0.29, 0.717) is 0 Å². The summed E-state index contributed by atoms with van der Waals surface area (Å²) in [7, 11) is 3.58. The first kappa shape index (κ1) is 16.0. The molecule has 0 spiro atoms. The molecular weight excluding hydrogens is 373 g/mol. The van der Waals surface area contributed by atoms with Crippen LogP contribution in [0.25, 0.3) is 0 Å². The fourth-order valence-corrected chi connectivity index (χ4v) is 4.95. The largest absolute Gasteiger partial charge is 0.357 e. The van der Waals surface area contributed by atoms with Crippen molar-refractivity contribution >= 4 is 5.91 Å². The maximum Gasteiger partial charge on any atom is 0.357 e. The van der Waals surface area contributed by atoms with Crippen molar-refractivity contribution in [2.75, 3.05) is 14.1 Å². The molecule has 0 fully saturated rings. The Labute approximate surface area is 137 Å². The molecule has 2 aromatic carbocycles. The normalized spacial score (nSPS) is 10.5. The quantitative estimate of drug-likeness (QED) is 0.693. The third-order valence-corrected chi connectivity index (χ3v) is 6.13. The van der Waals surface area contributed by atoms with Crippen LogP contribution in [0.2, 0.25) is 0 Å². The van der Waals surface area contributed by atoms with Crippen LogP contribution in [0.15, 0.2) is 36.4 Å². The third kappa shape index (κ3) is 3.84. The van der Waals surface area contributed by atoms with Gasteiger partial charge in [0.15, 0.2) is 7.14 Å². The van der Waals surface area contributed by atoms with Crippen LogP contribution in [0.5, 0.6) is 0 Å². The van der Waals surface area contributed by atoms with Crippen molar-refractivity contribution in [3.63, 3.8) is 0 Å². The number of halogens is 1. The number of hydrogen-bond acceptors (Lipinski definition) is 1. The highest BCUT2D eigenvalue weighted by Crippen LogP contribution is 2.10. The first-order chi connectivity index (χ1) is 9.88. The molecule has 21 heavy (non-hydrogen) atoms. The van der Waals surface area contributed by atoms with Crippen LogP contribution >= 0.6 is 0 Å². The van der Waals surface area contributed by atoms with Crippen LogP contribution in [0, 0.1) is 27.9 Å². The van der Waals surface area contributed by atoms with E-state index < -0.39 is 0 Å². The summed E-state index contributed by atoms with van der Waals surface area (Å²) in [6.07, 6.45) is 0. The second kappa shape index (κ2) is 6.60. The Bertz CT molecular complexity index is 654. The van der Waals surface area contributed by atoms with E-state index in [4.69, 9.17) is 0 Å². The fraction of sp³-hybridized carbons (Fsp3) is 0.278. The van der Waals surface area contributed by atoms with Crippen molar-refractivity contribution in [1.29, 1.82) is 0 Å². The van der Waals surface area contributed by atoms with E-state index in [2.05, 4.69) is 39.0 Å². The van der Waals surface area contributed by atoms with Crippen molar-refractivity contribution in [2.45, 2.75) is 20.8 Å². The van der Waals surface area contributed by atoms with E-state index in [1.807, 2.05) is 18.2 Å². The molecule has 0 N–H and O–H groups in total. The van der Waals surface area contributed by atoms with Gasteiger partial charge in [-0.2, -0.15) is 0 Å². The highest BCUT2D eigenvalue weighted by Gasteiger charge is 2.19. The number of aryl methyl sites for hydroxylation is 2. The highest BCUT2D eigenvalue weighted by molar-refractivity contribution is 5.93. The molecule has 0 bridgehead atoms. The monoisotopic (exact) mass is 394 g/mol. The lowest BCUT2D eigenvalue weighted by atomic mass is 10.1. The van der Waals surface area contributed by atoms with E-state index >= 15 is 0 Å². The van der Waals surface area contributed by atoms with Gasteiger partial charge in [0.2, 0.25) is 0 Å². The van der Waals surface area contributed by atoms with E-state index in [1.165, 1.54) is 23.8 Å². The summed E-state index contributed by atoms with van der Waals surface area (Å²) in [6, 6.07) is 12.6. The molecule has 0 atom stereocenters. The molecule has 0 heterocycles. The molecule has 2 nitrogen and oxygen atoms in total. The molecule has 2 aromatic rings. The summed E-state index contributed by atoms with van der Waals surface area (Å²) in [5.41, 5.74) is 4.85. The minimum atomic E-state index is -0.251. The van der Waals surface area contributed by atoms with Gasteiger partial charge in [0.05, 0.1) is 0 Å². The minimum absolute atomic E-state index is 0.0668. The van der Waals surface area contributed by atoms with Crippen molar-refractivity contribution in [3.05, 3.63) is 65.8 Å². The second-order valence-corrected chi connectivity index (χ2v) is 8.50. The first-order valence-corrected chi connectivity index (χ1v) is 9.08. The number of benzene rings is 2. The lowest BCUT2D eigenvalue weighted by Crippen LogP contribution is -3.61. The van der Waals surface area contributed by atoms with Gasteiger partial charge < -0.3 is 4.90 Å². The number of carbonyl (C=O) groups excluding carboxylic acids is 1. The summed E-state index contributed by atoms with van der Waals surface area (Å²) in [5.74, 6) is 0.0668. The van der Waals surface area contributed by atoms with E-state index in [9.17, 15) is 4.79 Å². The Morgan fingerprint density at radius 1 is 0.952 bits per heavy atom. The van der Waals surface area contributed by atoms with Crippen LogP contribution < -0.4 is 21.2 Å². The fourth-order valence-electron chi connectivity index (χ4n) is 2.10. The molecule has 1 amide bonds. The number of hydrogen-bond donors (Lipinski definition) is 0. The molecule has 0 aromatic heterocycles. The highest BCUT2D eigenvalue weighted by atomic mass is 127. The molecule has 0 saturated heterocycles. The standard InChI is InChI=1S/C18H21INO/c1-12-9-17(10-13(2)14(12)3)19-16-8-6-7-15(11-16)18(21)20(4)5/h6-11H,1-5H3/q+1. The summed E-state index contributed by atoms with van der Waals surface area (Å²) in [4.78, 5) is 13.7. The van der Waals surface area contributed by atoms with Gasteiger partial charge in [0.25, 0.3) is 5.91 Å². The second-order valence-electron chi connectivity index (χ2n) is 5.47. The zero-order valence-corrected chi connectivity index (χ0v) is 15.4. The number of rotatable bonds is 3. The topological polar surface area (TPSA) is 20.3 Å². The zero-order chi connectivity index (χ0) is 15.6. The third-order valence-electron chi connectivity index (χ3n) is 3.59. The zero-order valence-electron chi connectivity index (χ0n) is 13.2. The van der Waals surface area contributed by atoms with Gasteiger partial charge in [0, 0.05) is 25.7 Å². The molecule has 110 valence electrons. The smallest absolute Gasteiger partial charge is 0.345 e. The Morgan fingerprint density at radius 3 is 2.14 bits per heavy atom. The van der Waals surface area contributed by atoms with Crippen molar-refractivity contribution in [3.8, 4) is 0 Å².